The summed E-state index contributed by atoms with van der Waals surface area (Å²) in [5.41, 5.74) is 7.58. The second kappa shape index (κ2) is 10.8. The number of allylic oxidation sites excluding steroid dienone is 1. The van der Waals surface area contributed by atoms with E-state index in [1.807, 2.05) is 19.4 Å². The number of hydrogen-bond donors (Lipinski definition) is 0. The highest BCUT2D eigenvalue weighted by atomic mass is 16.5. The van der Waals surface area contributed by atoms with Gasteiger partial charge in [0.1, 0.15) is 5.82 Å². The molecule has 1 aliphatic carbocycles. The van der Waals surface area contributed by atoms with Crippen LogP contribution in [0.4, 0.5) is 0 Å². The number of ketones is 1. The Bertz CT molecular complexity index is 1380. The normalized spacial score (nSPS) is 18.8. The fourth-order valence-electron chi connectivity index (χ4n) is 5.90. The average Bonchev–Trinajstić information content (AvgIpc) is 3.48. The summed E-state index contributed by atoms with van der Waals surface area (Å²) in [4.78, 5) is 27.7. The zero-order valence-electron chi connectivity index (χ0n) is 23.4. The molecule has 2 aromatic heterocycles. The fraction of sp³-hybridized carbons (Fsp3) is 0.467. The third-order valence-corrected chi connectivity index (χ3v) is 7.97. The minimum Gasteiger partial charge on any atom is -0.480 e. The van der Waals surface area contributed by atoms with E-state index in [-0.39, 0.29) is 11.8 Å². The van der Waals surface area contributed by atoms with Gasteiger partial charge < -0.3 is 9.64 Å². The van der Waals surface area contributed by atoms with Gasteiger partial charge in [0.25, 0.3) is 0 Å². The van der Waals surface area contributed by atoms with E-state index in [1.165, 1.54) is 11.1 Å². The monoisotopic (exact) mass is 514 g/mol. The highest BCUT2D eigenvalue weighted by molar-refractivity contribution is 5.89. The Labute approximate surface area is 225 Å². The van der Waals surface area contributed by atoms with Crippen LogP contribution in [0.3, 0.4) is 0 Å². The maximum Gasteiger partial charge on any atom is 0.236 e. The molecule has 2 aliphatic rings. The average molecular weight is 515 g/mol. The number of piperazine rings is 1. The van der Waals surface area contributed by atoms with Crippen molar-refractivity contribution in [3.05, 3.63) is 76.0 Å². The summed E-state index contributed by atoms with van der Waals surface area (Å²) in [5, 5.41) is 4.35. The lowest BCUT2D eigenvalue weighted by Gasteiger charge is -2.41. The van der Waals surface area contributed by atoms with E-state index in [1.54, 1.807) is 11.8 Å². The molecular formula is C30H38N6O2. The van der Waals surface area contributed by atoms with Crippen molar-refractivity contribution in [2.45, 2.75) is 52.1 Å². The lowest BCUT2D eigenvalue weighted by atomic mass is 9.93. The van der Waals surface area contributed by atoms with Crippen LogP contribution >= 0.6 is 0 Å². The van der Waals surface area contributed by atoms with Gasteiger partial charge in [0.05, 0.1) is 18.8 Å². The summed E-state index contributed by atoms with van der Waals surface area (Å²) in [7, 11) is 5.65. The minimum absolute atomic E-state index is 0.0838. The Morgan fingerprint density at radius 2 is 2.03 bits per heavy atom. The zero-order valence-corrected chi connectivity index (χ0v) is 23.4. The molecule has 0 N–H and O–H groups in total. The Hall–Kier alpha value is -3.36. The predicted octanol–water partition coefficient (Wildman–Crippen LogP) is 3.24. The van der Waals surface area contributed by atoms with E-state index in [9.17, 15) is 4.79 Å². The first kappa shape index (κ1) is 26.3. The van der Waals surface area contributed by atoms with Gasteiger partial charge >= 0.3 is 0 Å². The molecule has 38 heavy (non-hydrogen) atoms. The summed E-state index contributed by atoms with van der Waals surface area (Å²) in [6, 6.07) is 6.63. The maximum atomic E-state index is 13.4. The second-order valence-corrected chi connectivity index (χ2v) is 10.8. The number of likely N-dealkylation sites (N-methyl/N-ethyl adjacent to an activating group) is 1. The first-order valence-electron chi connectivity index (χ1n) is 13.4. The molecule has 0 amide bonds. The molecule has 200 valence electrons. The van der Waals surface area contributed by atoms with E-state index in [2.05, 4.69) is 72.0 Å². The molecule has 1 fully saturated rings. The van der Waals surface area contributed by atoms with Gasteiger partial charge in [0.2, 0.25) is 5.88 Å². The van der Waals surface area contributed by atoms with Crippen molar-refractivity contribution in [2.24, 2.45) is 7.05 Å². The topological polar surface area (TPSA) is 76.4 Å². The molecule has 0 spiro atoms. The molecule has 0 saturated carbocycles. The number of rotatable bonds is 8. The van der Waals surface area contributed by atoms with E-state index in [0.29, 0.717) is 24.8 Å². The van der Waals surface area contributed by atoms with E-state index in [0.717, 1.165) is 59.8 Å². The van der Waals surface area contributed by atoms with Gasteiger partial charge in [-0.2, -0.15) is 0 Å². The molecule has 1 saturated heterocycles. The summed E-state index contributed by atoms with van der Waals surface area (Å²) in [6.45, 7) is 9.28. The van der Waals surface area contributed by atoms with Gasteiger partial charge in [-0.15, -0.1) is 5.10 Å². The maximum absolute atomic E-state index is 13.4. The van der Waals surface area contributed by atoms with E-state index in [4.69, 9.17) is 9.72 Å². The van der Waals surface area contributed by atoms with Crippen molar-refractivity contribution in [1.82, 2.24) is 29.5 Å². The summed E-state index contributed by atoms with van der Waals surface area (Å²) in [6.07, 6.45) is 7.89. The zero-order chi connectivity index (χ0) is 27.0. The van der Waals surface area contributed by atoms with Gasteiger partial charge in [-0.25, -0.2) is 9.97 Å². The number of fused-ring (bicyclic) bond motifs is 1. The van der Waals surface area contributed by atoms with Crippen molar-refractivity contribution >= 4 is 11.4 Å². The van der Waals surface area contributed by atoms with Crippen molar-refractivity contribution in [1.29, 1.82) is 0 Å². The van der Waals surface area contributed by atoms with Crippen LogP contribution in [0.2, 0.25) is 0 Å². The number of carbonyl (C=O) groups excluding carboxylic acids is 1. The Kier molecular flexibility index (Phi) is 7.45. The SMILES string of the molecule is COc1nn(C)cc1Cc1ncc(C)c(C2=CCc3c(CC(=O)[C@@H](C)N4CCN(C)C[C@H]4C)cccc32)n1. The fourth-order valence-corrected chi connectivity index (χ4v) is 5.90. The van der Waals surface area contributed by atoms with Crippen LogP contribution < -0.4 is 4.74 Å². The number of aryl methyl sites for hydroxylation is 2. The summed E-state index contributed by atoms with van der Waals surface area (Å²) < 4.78 is 7.16. The number of Topliss-reactive ketones (excluding diaryl/α,β-unsaturated/α-hetero) is 1. The standard InChI is InChI=1S/C30H38N6O2/c1-19-16-31-28(15-23-18-35(5)33-30(23)38-6)32-29(19)26-11-10-24-22(8-7-9-25(24)26)14-27(37)21(3)36-13-12-34(4)17-20(36)2/h7-9,11,16,18,20-21H,10,12-15,17H2,1-6H3/t20-,21-/m1/s1. The molecule has 0 bridgehead atoms. The van der Waals surface area contributed by atoms with Crippen LogP contribution in [0.5, 0.6) is 5.88 Å². The van der Waals surface area contributed by atoms with Crippen molar-refractivity contribution in [3.8, 4) is 5.88 Å². The molecule has 1 aliphatic heterocycles. The number of ether oxygens (including phenoxy) is 1. The molecule has 3 aromatic rings. The van der Waals surface area contributed by atoms with Crippen LogP contribution in [0.25, 0.3) is 5.57 Å². The van der Waals surface area contributed by atoms with Gasteiger partial charge in [-0.05, 0) is 56.5 Å². The molecule has 8 nitrogen and oxygen atoms in total. The third-order valence-electron chi connectivity index (χ3n) is 7.97. The highest BCUT2D eigenvalue weighted by Gasteiger charge is 2.30. The minimum atomic E-state index is -0.0838. The summed E-state index contributed by atoms with van der Waals surface area (Å²) >= 11 is 0. The van der Waals surface area contributed by atoms with Crippen LogP contribution in [0.15, 0.2) is 36.7 Å². The second-order valence-electron chi connectivity index (χ2n) is 10.8. The van der Waals surface area contributed by atoms with Gasteiger partial charge in [0.15, 0.2) is 5.78 Å². The highest BCUT2D eigenvalue weighted by Crippen LogP contribution is 2.35. The van der Waals surface area contributed by atoms with E-state index < -0.39 is 0 Å². The Morgan fingerprint density at radius 3 is 2.79 bits per heavy atom. The molecule has 5 rings (SSSR count). The van der Waals surface area contributed by atoms with Crippen LogP contribution in [0.1, 0.15) is 53.2 Å². The van der Waals surface area contributed by atoms with Crippen molar-refractivity contribution in [3.63, 3.8) is 0 Å². The van der Waals surface area contributed by atoms with E-state index >= 15 is 0 Å². The summed E-state index contributed by atoms with van der Waals surface area (Å²) in [5.74, 6) is 1.61. The first-order chi connectivity index (χ1) is 18.2. The molecule has 1 aromatic carbocycles. The van der Waals surface area contributed by atoms with Crippen LogP contribution in [-0.4, -0.2) is 81.2 Å². The molecule has 3 heterocycles. The molecule has 0 radical (unpaired) electrons. The van der Waals surface area contributed by atoms with Crippen LogP contribution in [0, 0.1) is 6.92 Å². The number of nitrogens with zero attached hydrogens (tertiary/aromatic N) is 6. The molecule has 8 heteroatoms. The first-order valence-corrected chi connectivity index (χ1v) is 13.4. The van der Waals surface area contributed by atoms with Gasteiger partial charge in [-0.1, -0.05) is 24.3 Å². The lowest BCUT2D eigenvalue weighted by Crippen LogP contribution is -2.55. The molecular weight excluding hydrogens is 476 g/mol. The van der Waals surface area contributed by atoms with Crippen LogP contribution in [-0.2, 0) is 31.1 Å². The number of benzene rings is 1. The number of aromatic nitrogens is 4. The largest absolute Gasteiger partial charge is 0.480 e. The third kappa shape index (κ3) is 5.15. The number of hydrogen-bond acceptors (Lipinski definition) is 7. The lowest BCUT2D eigenvalue weighted by molar-refractivity contribution is -0.124. The Morgan fingerprint density at radius 1 is 1.21 bits per heavy atom. The van der Waals surface area contributed by atoms with Crippen molar-refractivity contribution < 1.29 is 9.53 Å². The molecule has 2 atom stereocenters. The molecule has 0 unspecified atom stereocenters. The van der Waals surface area contributed by atoms with Gasteiger partial charge in [0, 0.05) is 69.1 Å². The predicted molar refractivity (Wildman–Crippen MR) is 148 cm³/mol. The number of carbonyl (C=O) groups is 1. The quantitative estimate of drug-likeness (QED) is 0.457. The van der Waals surface area contributed by atoms with Gasteiger partial charge in [-0.3, -0.25) is 14.4 Å². The Balaban J connectivity index is 1.36. The van der Waals surface area contributed by atoms with Crippen molar-refractivity contribution in [2.75, 3.05) is 33.8 Å². The number of methoxy groups -OCH3 is 1. The smallest absolute Gasteiger partial charge is 0.236 e.